The molecule has 1 saturated heterocycles. The predicted octanol–water partition coefficient (Wildman–Crippen LogP) is 2.72. The van der Waals surface area contributed by atoms with Gasteiger partial charge in [-0.2, -0.15) is 0 Å². The Balaban J connectivity index is 2.51. The van der Waals surface area contributed by atoms with E-state index in [0.29, 0.717) is 31.0 Å². The number of hydrogen-bond donors (Lipinski definition) is 2. The average Bonchev–Trinajstić information content (AvgIpc) is 2.46. The molecule has 1 unspecified atom stereocenters. The number of carboxylic acids is 1. The summed E-state index contributed by atoms with van der Waals surface area (Å²) in [5.41, 5.74) is 8.84. The summed E-state index contributed by atoms with van der Waals surface area (Å²) in [6.45, 7) is 1.38. The Kier molecular flexibility index (Phi) is 4.49. The van der Waals surface area contributed by atoms with Gasteiger partial charge in [0.25, 0.3) is 0 Å². The number of azide groups is 1. The van der Waals surface area contributed by atoms with Crippen molar-refractivity contribution in [1.29, 1.82) is 0 Å². The van der Waals surface area contributed by atoms with E-state index in [1.54, 1.807) is 12.1 Å². The highest BCUT2D eigenvalue weighted by Gasteiger charge is 2.44. The molecule has 0 bridgehead atoms. The molecule has 0 spiro atoms. The predicted molar refractivity (Wildman–Crippen MR) is 75.8 cm³/mol. The molecule has 0 radical (unpaired) electrons. The molecule has 1 heterocycles. The van der Waals surface area contributed by atoms with Gasteiger partial charge >= 0.3 is 5.97 Å². The lowest BCUT2D eigenvalue weighted by atomic mass is 9.68. The summed E-state index contributed by atoms with van der Waals surface area (Å²) in [7, 11) is 0. The van der Waals surface area contributed by atoms with Crippen LogP contribution in [0.1, 0.15) is 18.4 Å². The first-order valence-electron chi connectivity index (χ1n) is 6.34. The van der Waals surface area contributed by atoms with E-state index in [4.69, 9.17) is 17.1 Å². The largest absolute Gasteiger partial charge is 0.481 e. The number of carboxylic acid groups (broad SMARTS) is 1. The molecule has 1 fully saturated rings. The zero-order valence-corrected chi connectivity index (χ0v) is 11.5. The van der Waals surface area contributed by atoms with Crippen molar-refractivity contribution in [2.24, 2.45) is 5.11 Å². The number of nitrogens with one attached hydrogen (secondary N) is 1. The summed E-state index contributed by atoms with van der Waals surface area (Å²) in [5.74, 6) is -1.10. The Morgan fingerprint density at radius 2 is 2.00 bits per heavy atom. The SMILES string of the molecule is [N-]=[N+]=NC(C(=O)O)C1(c2ccc(Cl)cc2)CCNCC1. The molecule has 1 aromatic rings. The molecule has 0 saturated carbocycles. The molecular weight excluding hydrogens is 280 g/mol. The maximum Gasteiger partial charge on any atom is 0.313 e. The number of nitrogens with zero attached hydrogens (tertiary/aromatic N) is 3. The van der Waals surface area contributed by atoms with Gasteiger partial charge < -0.3 is 10.4 Å². The first-order valence-corrected chi connectivity index (χ1v) is 6.72. The first kappa shape index (κ1) is 14.7. The van der Waals surface area contributed by atoms with E-state index in [9.17, 15) is 9.90 Å². The molecular formula is C13H15ClN4O2. The van der Waals surface area contributed by atoms with E-state index in [0.717, 1.165) is 5.56 Å². The quantitative estimate of drug-likeness (QED) is 0.507. The van der Waals surface area contributed by atoms with Crippen LogP contribution in [0.5, 0.6) is 0 Å². The van der Waals surface area contributed by atoms with Crippen LogP contribution in [-0.4, -0.2) is 30.2 Å². The number of piperidine rings is 1. The van der Waals surface area contributed by atoms with Crippen molar-refractivity contribution in [3.8, 4) is 0 Å². The minimum atomic E-state index is -1.12. The smallest absolute Gasteiger partial charge is 0.313 e. The Morgan fingerprint density at radius 3 is 2.50 bits per heavy atom. The maximum atomic E-state index is 11.5. The van der Waals surface area contributed by atoms with E-state index < -0.39 is 17.4 Å². The van der Waals surface area contributed by atoms with Gasteiger partial charge in [-0.15, -0.1) is 0 Å². The van der Waals surface area contributed by atoms with Crippen LogP contribution in [0.4, 0.5) is 0 Å². The molecule has 2 N–H and O–H groups in total. The highest BCUT2D eigenvalue weighted by Crippen LogP contribution is 2.39. The van der Waals surface area contributed by atoms with Gasteiger partial charge in [-0.3, -0.25) is 4.79 Å². The minimum Gasteiger partial charge on any atom is -0.481 e. The van der Waals surface area contributed by atoms with Crippen LogP contribution in [0.2, 0.25) is 5.02 Å². The molecule has 7 heteroatoms. The second kappa shape index (κ2) is 6.13. The summed E-state index contributed by atoms with van der Waals surface area (Å²) in [4.78, 5) is 14.2. The number of hydrogen-bond acceptors (Lipinski definition) is 3. The van der Waals surface area contributed by atoms with E-state index in [2.05, 4.69) is 15.3 Å². The summed E-state index contributed by atoms with van der Waals surface area (Å²) in [5, 5.41) is 16.8. The second-order valence-electron chi connectivity index (χ2n) is 4.86. The first-order chi connectivity index (χ1) is 9.60. The van der Waals surface area contributed by atoms with Crippen LogP contribution in [0, 0.1) is 0 Å². The monoisotopic (exact) mass is 294 g/mol. The van der Waals surface area contributed by atoms with E-state index in [1.807, 2.05) is 12.1 Å². The lowest BCUT2D eigenvalue weighted by molar-refractivity contribution is -0.140. The normalized spacial score (nSPS) is 18.9. The van der Waals surface area contributed by atoms with E-state index in [-0.39, 0.29) is 0 Å². The number of benzene rings is 1. The summed E-state index contributed by atoms with van der Waals surface area (Å²) < 4.78 is 0. The Hall–Kier alpha value is -1.75. The third-order valence-electron chi connectivity index (χ3n) is 3.84. The number of halogens is 1. The van der Waals surface area contributed by atoms with E-state index >= 15 is 0 Å². The fraction of sp³-hybridized carbons (Fsp3) is 0.462. The molecule has 6 nitrogen and oxygen atoms in total. The van der Waals surface area contributed by atoms with Gasteiger partial charge in [-0.05, 0) is 49.2 Å². The van der Waals surface area contributed by atoms with Gasteiger partial charge in [0.1, 0.15) is 6.04 Å². The van der Waals surface area contributed by atoms with Crippen molar-refractivity contribution in [3.63, 3.8) is 0 Å². The molecule has 0 aromatic heterocycles. The standard InChI is InChI=1S/C13H15ClN4O2/c14-10-3-1-9(2-4-10)13(5-7-16-8-6-13)11(12(19)20)17-18-15/h1-4,11,16H,5-8H2,(H,19,20). The topological polar surface area (TPSA) is 98.1 Å². The molecule has 1 aromatic carbocycles. The number of carbonyl (C=O) groups is 1. The fourth-order valence-electron chi connectivity index (χ4n) is 2.82. The van der Waals surface area contributed by atoms with Gasteiger partial charge in [0.05, 0.1) is 0 Å². The van der Waals surface area contributed by atoms with Crippen molar-refractivity contribution in [2.45, 2.75) is 24.3 Å². The van der Waals surface area contributed by atoms with Crippen molar-refractivity contribution < 1.29 is 9.90 Å². The van der Waals surface area contributed by atoms with Crippen LogP contribution in [0.3, 0.4) is 0 Å². The Bertz CT molecular complexity index is 532. The number of aliphatic carboxylic acids is 1. The Labute approximate surface area is 121 Å². The van der Waals surface area contributed by atoms with Gasteiger partial charge in [-0.1, -0.05) is 28.8 Å². The fourth-order valence-corrected chi connectivity index (χ4v) is 2.95. The van der Waals surface area contributed by atoms with Gasteiger partial charge in [-0.25, -0.2) is 0 Å². The molecule has 1 atom stereocenters. The average molecular weight is 295 g/mol. The minimum absolute atomic E-state index is 0.591. The van der Waals surface area contributed by atoms with Crippen LogP contribution < -0.4 is 5.32 Å². The third-order valence-corrected chi connectivity index (χ3v) is 4.09. The highest BCUT2D eigenvalue weighted by atomic mass is 35.5. The molecule has 1 aliphatic heterocycles. The molecule has 0 aliphatic carbocycles. The van der Waals surface area contributed by atoms with Crippen molar-refractivity contribution in [3.05, 3.63) is 45.3 Å². The van der Waals surface area contributed by atoms with Crippen LogP contribution >= 0.6 is 11.6 Å². The van der Waals surface area contributed by atoms with Crippen molar-refractivity contribution in [1.82, 2.24) is 5.32 Å². The van der Waals surface area contributed by atoms with Crippen molar-refractivity contribution >= 4 is 17.6 Å². The third kappa shape index (κ3) is 2.72. The highest BCUT2D eigenvalue weighted by molar-refractivity contribution is 6.30. The summed E-state index contributed by atoms with van der Waals surface area (Å²) >= 11 is 5.89. The number of rotatable bonds is 4. The maximum absolute atomic E-state index is 11.5. The molecule has 20 heavy (non-hydrogen) atoms. The Morgan fingerprint density at radius 1 is 1.40 bits per heavy atom. The van der Waals surface area contributed by atoms with Crippen LogP contribution in [0.15, 0.2) is 29.4 Å². The van der Waals surface area contributed by atoms with Crippen LogP contribution in [-0.2, 0) is 10.2 Å². The lowest BCUT2D eigenvalue weighted by Gasteiger charge is -2.40. The molecule has 106 valence electrons. The summed E-state index contributed by atoms with van der Waals surface area (Å²) in [6, 6.07) is 5.98. The lowest BCUT2D eigenvalue weighted by Crippen LogP contribution is -2.50. The zero-order valence-electron chi connectivity index (χ0n) is 10.8. The molecule has 2 rings (SSSR count). The van der Waals surface area contributed by atoms with E-state index in [1.165, 1.54) is 0 Å². The van der Waals surface area contributed by atoms with Crippen LogP contribution in [0.25, 0.3) is 10.4 Å². The van der Waals surface area contributed by atoms with Crippen molar-refractivity contribution in [2.75, 3.05) is 13.1 Å². The van der Waals surface area contributed by atoms with Gasteiger partial charge in [0, 0.05) is 15.3 Å². The second-order valence-corrected chi connectivity index (χ2v) is 5.30. The zero-order chi connectivity index (χ0) is 14.6. The summed E-state index contributed by atoms with van der Waals surface area (Å²) in [6.07, 6.45) is 1.20. The molecule has 1 aliphatic rings. The van der Waals surface area contributed by atoms with Gasteiger partial charge in [0.2, 0.25) is 0 Å². The van der Waals surface area contributed by atoms with Gasteiger partial charge in [0.15, 0.2) is 0 Å². The molecule has 0 amide bonds.